The van der Waals surface area contributed by atoms with E-state index in [0.29, 0.717) is 11.5 Å². The summed E-state index contributed by atoms with van der Waals surface area (Å²) in [5, 5.41) is 19.1. The molecule has 0 aliphatic heterocycles. The number of aryl methyl sites for hydroxylation is 1. The van der Waals surface area contributed by atoms with Gasteiger partial charge in [-0.3, -0.25) is 9.69 Å². The summed E-state index contributed by atoms with van der Waals surface area (Å²) in [7, 11) is 1.76. The maximum absolute atomic E-state index is 12.2. The normalized spacial score (nSPS) is 10.1. The lowest BCUT2D eigenvalue weighted by Crippen LogP contribution is -2.43. The Balaban J connectivity index is 2.08. The molecule has 0 fully saturated rings. The van der Waals surface area contributed by atoms with Gasteiger partial charge in [0, 0.05) is 12.7 Å². The predicted molar refractivity (Wildman–Crippen MR) is 74.7 cm³/mol. The van der Waals surface area contributed by atoms with E-state index in [1.807, 2.05) is 0 Å². The van der Waals surface area contributed by atoms with Gasteiger partial charge < -0.3 is 15.0 Å². The van der Waals surface area contributed by atoms with E-state index in [1.165, 1.54) is 6.33 Å². The molecule has 1 aromatic carbocycles. The molecule has 0 aliphatic carbocycles. The van der Waals surface area contributed by atoms with Crippen LogP contribution in [0.5, 0.6) is 0 Å². The van der Waals surface area contributed by atoms with E-state index >= 15 is 0 Å². The minimum absolute atomic E-state index is 0.165. The van der Waals surface area contributed by atoms with Crippen molar-refractivity contribution in [2.75, 3.05) is 11.4 Å². The highest BCUT2D eigenvalue weighted by molar-refractivity contribution is 5.96. The molecule has 2 amide bonds. The van der Waals surface area contributed by atoms with Crippen molar-refractivity contribution in [2.24, 2.45) is 7.05 Å². The first-order valence-electron chi connectivity index (χ1n) is 6.23. The smallest absolute Gasteiger partial charge is 0.323 e. The van der Waals surface area contributed by atoms with Crippen LogP contribution < -0.4 is 10.2 Å². The van der Waals surface area contributed by atoms with Crippen molar-refractivity contribution in [2.45, 2.75) is 6.54 Å². The van der Waals surface area contributed by atoms with Crippen molar-refractivity contribution < 1.29 is 14.7 Å². The quantitative estimate of drug-likeness (QED) is 0.840. The second-order valence-electron chi connectivity index (χ2n) is 4.33. The number of carboxylic acid groups (broad SMARTS) is 1. The number of rotatable bonds is 5. The molecule has 8 nitrogen and oxygen atoms in total. The number of aromatic nitrogens is 3. The zero-order valence-corrected chi connectivity index (χ0v) is 11.4. The SMILES string of the molecule is Cn1cnnc1CNC(=O)N(CC(=O)O)c1ccccc1. The van der Waals surface area contributed by atoms with E-state index in [2.05, 4.69) is 15.5 Å². The van der Waals surface area contributed by atoms with Crippen LogP contribution in [0.4, 0.5) is 10.5 Å². The monoisotopic (exact) mass is 289 g/mol. The van der Waals surface area contributed by atoms with Crippen LogP contribution >= 0.6 is 0 Å². The lowest BCUT2D eigenvalue weighted by molar-refractivity contribution is -0.135. The number of anilines is 1. The first-order valence-corrected chi connectivity index (χ1v) is 6.23. The van der Waals surface area contributed by atoms with E-state index in [0.717, 1.165) is 4.90 Å². The Hall–Kier alpha value is -2.90. The maximum Gasteiger partial charge on any atom is 0.323 e. The molecule has 0 unspecified atom stereocenters. The molecule has 8 heteroatoms. The van der Waals surface area contributed by atoms with Crippen LogP contribution in [-0.4, -0.2) is 38.4 Å². The third kappa shape index (κ3) is 3.78. The van der Waals surface area contributed by atoms with Gasteiger partial charge in [0.2, 0.25) is 0 Å². The van der Waals surface area contributed by atoms with Crippen LogP contribution in [0.25, 0.3) is 0 Å². The van der Waals surface area contributed by atoms with Gasteiger partial charge in [0.1, 0.15) is 12.9 Å². The summed E-state index contributed by atoms with van der Waals surface area (Å²) in [6.07, 6.45) is 1.52. The molecule has 2 rings (SSSR count). The fourth-order valence-corrected chi connectivity index (χ4v) is 1.74. The Labute approximate surface area is 121 Å². The number of benzene rings is 1. The Kier molecular flexibility index (Phi) is 4.50. The van der Waals surface area contributed by atoms with Gasteiger partial charge in [-0.05, 0) is 12.1 Å². The average Bonchev–Trinajstić information content (AvgIpc) is 2.88. The van der Waals surface area contributed by atoms with Gasteiger partial charge in [0.25, 0.3) is 0 Å². The van der Waals surface area contributed by atoms with Gasteiger partial charge in [0.15, 0.2) is 5.82 Å². The van der Waals surface area contributed by atoms with E-state index in [1.54, 1.807) is 41.9 Å². The number of hydrogen-bond acceptors (Lipinski definition) is 4. The first kappa shape index (κ1) is 14.5. The van der Waals surface area contributed by atoms with Crippen LogP contribution in [0.1, 0.15) is 5.82 Å². The summed E-state index contributed by atoms with van der Waals surface area (Å²) >= 11 is 0. The van der Waals surface area contributed by atoms with Crippen molar-refractivity contribution in [3.8, 4) is 0 Å². The molecule has 1 heterocycles. The molecule has 2 N–H and O–H groups in total. The van der Waals surface area contributed by atoms with Gasteiger partial charge in [-0.15, -0.1) is 10.2 Å². The number of nitrogens with one attached hydrogen (secondary N) is 1. The highest BCUT2D eigenvalue weighted by atomic mass is 16.4. The van der Waals surface area contributed by atoms with Crippen LogP contribution in [0.2, 0.25) is 0 Å². The number of carbonyl (C=O) groups excluding carboxylic acids is 1. The molecular weight excluding hydrogens is 274 g/mol. The van der Waals surface area contributed by atoms with Gasteiger partial charge in [-0.2, -0.15) is 0 Å². The summed E-state index contributed by atoms with van der Waals surface area (Å²) in [5.41, 5.74) is 0.510. The standard InChI is InChI=1S/C13H15N5O3/c1-17-9-15-16-11(17)7-14-13(21)18(8-12(19)20)10-5-3-2-4-6-10/h2-6,9H,7-8H2,1H3,(H,14,21)(H,19,20). The number of carboxylic acids is 1. The van der Waals surface area contributed by atoms with Gasteiger partial charge in [-0.25, -0.2) is 4.79 Å². The molecule has 110 valence electrons. The van der Waals surface area contributed by atoms with Crippen molar-refractivity contribution in [3.05, 3.63) is 42.5 Å². The van der Waals surface area contributed by atoms with Crippen LogP contribution in [-0.2, 0) is 18.4 Å². The summed E-state index contributed by atoms with van der Waals surface area (Å²) in [6.45, 7) is -0.257. The van der Waals surface area contributed by atoms with E-state index < -0.39 is 18.5 Å². The zero-order valence-electron chi connectivity index (χ0n) is 11.4. The Morgan fingerprint density at radius 1 is 1.33 bits per heavy atom. The number of hydrogen-bond donors (Lipinski definition) is 2. The van der Waals surface area contributed by atoms with Gasteiger partial charge >= 0.3 is 12.0 Å². The van der Waals surface area contributed by atoms with E-state index in [4.69, 9.17) is 5.11 Å². The highest BCUT2D eigenvalue weighted by Gasteiger charge is 2.18. The summed E-state index contributed by atoms with van der Waals surface area (Å²) in [6, 6.07) is 8.10. The molecule has 0 saturated heterocycles. The number of urea groups is 1. The van der Waals surface area contributed by atoms with E-state index in [9.17, 15) is 9.59 Å². The number of para-hydroxylation sites is 1. The van der Waals surface area contributed by atoms with Crippen LogP contribution in [0.15, 0.2) is 36.7 Å². The molecule has 0 atom stereocenters. The number of nitrogens with zero attached hydrogens (tertiary/aromatic N) is 4. The molecule has 1 aromatic heterocycles. The summed E-state index contributed by atoms with van der Waals surface area (Å²) < 4.78 is 1.67. The summed E-state index contributed by atoms with van der Waals surface area (Å²) in [5.74, 6) is -0.514. The zero-order chi connectivity index (χ0) is 15.2. The lowest BCUT2D eigenvalue weighted by atomic mass is 10.3. The van der Waals surface area contributed by atoms with Gasteiger partial charge in [0.05, 0.1) is 6.54 Å². The van der Waals surface area contributed by atoms with Crippen LogP contribution in [0, 0.1) is 0 Å². The number of amides is 2. The van der Waals surface area contributed by atoms with Crippen molar-refractivity contribution in [3.63, 3.8) is 0 Å². The topological polar surface area (TPSA) is 100 Å². The largest absolute Gasteiger partial charge is 0.480 e. The number of carbonyl (C=O) groups is 2. The first-order chi connectivity index (χ1) is 10.1. The van der Waals surface area contributed by atoms with Crippen molar-refractivity contribution in [1.82, 2.24) is 20.1 Å². The fourth-order valence-electron chi connectivity index (χ4n) is 1.74. The minimum atomic E-state index is -1.09. The Bertz CT molecular complexity index is 626. The predicted octanol–water partition coefficient (Wildman–Crippen LogP) is 0.616. The summed E-state index contributed by atoms with van der Waals surface area (Å²) in [4.78, 5) is 24.3. The third-order valence-corrected chi connectivity index (χ3v) is 2.81. The Morgan fingerprint density at radius 2 is 2.05 bits per heavy atom. The molecule has 0 aliphatic rings. The molecule has 2 aromatic rings. The number of aliphatic carboxylic acids is 1. The molecular formula is C13H15N5O3. The van der Waals surface area contributed by atoms with E-state index in [-0.39, 0.29) is 6.54 Å². The van der Waals surface area contributed by atoms with Crippen molar-refractivity contribution in [1.29, 1.82) is 0 Å². The van der Waals surface area contributed by atoms with Gasteiger partial charge in [-0.1, -0.05) is 18.2 Å². The molecule has 21 heavy (non-hydrogen) atoms. The third-order valence-electron chi connectivity index (χ3n) is 2.81. The molecule has 0 saturated carbocycles. The highest BCUT2D eigenvalue weighted by Crippen LogP contribution is 2.13. The maximum atomic E-state index is 12.2. The molecule has 0 spiro atoms. The average molecular weight is 289 g/mol. The minimum Gasteiger partial charge on any atom is -0.480 e. The second kappa shape index (κ2) is 6.51. The van der Waals surface area contributed by atoms with Crippen molar-refractivity contribution >= 4 is 17.7 Å². The fraction of sp³-hybridized carbons (Fsp3) is 0.231. The van der Waals surface area contributed by atoms with Crippen LogP contribution in [0.3, 0.4) is 0 Å². The second-order valence-corrected chi connectivity index (χ2v) is 4.33. The molecule has 0 bridgehead atoms. The lowest BCUT2D eigenvalue weighted by Gasteiger charge is -2.21. The molecule has 0 radical (unpaired) electrons. The Morgan fingerprint density at radius 3 is 2.62 bits per heavy atom.